The lowest BCUT2D eigenvalue weighted by Crippen LogP contribution is -2.38. The molecule has 1 aliphatic heterocycles. The zero-order valence-corrected chi connectivity index (χ0v) is 11.8. The van der Waals surface area contributed by atoms with Gasteiger partial charge in [-0.25, -0.2) is 0 Å². The van der Waals surface area contributed by atoms with Crippen LogP contribution in [0.1, 0.15) is 37.8 Å². The molecule has 96 valence electrons. The molecular weight excluding hydrogens is 220 g/mol. The molecule has 1 aromatic carbocycles. The molecule has 2 nitrogen and oxygen atoms in total. The van der Waals surface area contributed by atoms with E-state index in [0.717, 1.165) is 13.0 Å². The maximum atomic E-state index is 8.87. The Bertz CT molecular complexity index is 462. The fourth-order valence-corrected chi connectivity index (χ4v) is 3.21. The minimum absolute atomic E-state index is 0.155. The molecule has 2 rings (SSSR count). The zero-order valence-electron chi connectivity index (χ0n) is 11.8. The number of anilines is 1. The second-order valence-electron chi connectivity index (χ2n) is 6.20. The van der Waals surface area contributed by atoms with Gasteiger partial charge in [0.2, 0.25) is 0 Å². The number of aryl methyl sites for hydroxylation is 2. The summed E-state index contributed by atoms with van der Waals surface area (Å²) in [5.41, 5.74) is 4.08. The van der Waals surface area contributed by atoms with Crippen molar-refractivity contribution in [1.29, 1.82) is 5.26 Å². The molecule has 0 amide bonds. The second kappa shape index (κ2) is 4.65. The number of rotatable bonds is 2. The highest BCUT2D eigenvalue weighted by atomic mass is 15.2. The third kappa shape index (κ3) is 2.51. The van der Waals surface area contributed by atoms with Crippen LogP contribution in [0.5, 0.6) is 0 Å². The third-order valence-corrected chi connectivity index (χ3v) is 3.86. The van der Waals surface area contributed by atoms with Crippen LogP contribution in [0.2, 0.25) is 0 Å². The first-order valence-corrected chi connectivity index (χ1v) is 6.65. The first-order valence-electron chi connectivity index (χ1n) is 6.65. The Labute approximate surface area is 110 Å². The van der Waals surface area contributed by atoms with Crippen molar-refractivity contribution in [2.45, 2.75) is 46.1 Å². The molecule has 0 spiro atoms. The van der Waals surface area contributed by atoms with Crippen molar-refractivity contribution in [3.63, 3.8) is 0 Å². The van der Waals surface area contributed by atoms with Crippen molar-refractivity contribution >= 4 is 5.69 Å². The van der Waals surface area contributed by atoms with Crippen LogP contribution >= 0.6 is 0 Å². The summed E-state index contributed by atoms with van der Waals surface area (Å²) in [5, 5.41) is 8.87. The van der Waals surface area contributed by atoms with Crippen LogP contribution in [0, 0.1) is 31.1 Å². The molecule has 1 saturated heterocycles. The van der Waals surface area contributed by atoms with Gasteiger partial charge in [-0.3, -0.25) is 0 Å². The fourth-order valence-electron chi connectivity index (χ4n) is 3.21. The Balaban J connectivity index is 2.29. The van der Waals surface area contributed by atoms with Crippen LogP contribution in [0.4, 0.5) is 5.69 Å². The van der Waals surface area contributed by atoms with E-state index < -0.39 is 0 Å². The van der Waals surface area contributed by atoms with E-state index >= 15 is 0 Å². The Morgan fingerprint density at radius 1 is 1.28 bits per heavy atom. The second-order valence-corrected chi connectivity index (χ2v) is 6.20. The lowest BCUT2D eigenvalue weighted by Gasteiger charge is -2.34. The van der Waals surface area contributed by atoms with Gasteiger partial charge in [0.25, 0.3) is 0 Å². The lowest BCUT2D eigenvalue weighted by molar-refractivity contribution is 0.476. The van der Waals surface area contributed by atoms with Gasteiger partial charge in [-0.2, -0.15) is 5.26 Å². The summed E-state index contributed by atoms with van der Waals surface area (Å²) >= 11 is 0. The van der Waals surface area contributed by atoms with Crippen LogP contribution in [-0.4, -0.2) is 12.1 Å². The van der Waals surface area contributed by atoms with Crippen molar-refractivity contribution < 1.29 is 0 Å². The monoisotopic (exact) mass is 242 g/mol. The van der Waals surface area contributed by atoms with Crippen molar-refractivity contribution in [1.82, 2.24) is 0 Å². The minimum Gasteiger partial charge on any atom is -0.366 e. The van der Waals surface area contributed by atoms with Gasteiger partial charge in [0.1, 0.15) is 0 Å². The molecule has 0 saturated carbocycles. The van der Waals surface area contributed by atoms with Crippen LogP contribution in [0.25, 0.3) is 0 Å². The van der Waals surface area contributed by atoms with Gasteiger partial charge in [-0.1, -0.05) is 6.07 Å². The molecule has 1 atom stereocenters. The molecule has 1 aliphatic rings. The van der Waals surface area contributed by atoms with E-state index in [0.29, 0.717) is 12.3 Å². The highest BCUT2D eigenvalue weighted by Crippen LogP contribution is 2.38. The van der Waals surface area contributed by atoms with E-state index in [9.17, 15) is 0 Å². The van der Waals surface area contributed by atoms with E-state index in [1.807, 2.05) is 0 Å². The maximum Gasteiger partial charge on any atom is 0.0625 e. The van der Waals surface area contributed by atoms with Crippen molar-refractivity contribution in [2.75, 3.05) is 11.4 Å². The fraction of sp³-hybridized carbons (Fsp3) is 0.562. The van der Waals surface area contributed by atoms with Crippen molar-refractivity contribution in [2.24, 2.45) is 5.92 Å². The van der Waals surface area contributed by atoms with Gasteiger partial charge >= 0.3 is 0 Å². The third-order valence-electron chi connectivity index (χ3n) is 3.86. The van der Waals surface area contributed by atoms with Gasteiger partial charge in [0.15, 0.2) is 0 Å². The Morgan fingerprint density at radius 3 is 2.44 bits per heavy atom. The Kier molecular flexibility index (Phi) is 3.34. The summed E-state index contributed by atoms with van der Waals surface area (Å²) in [5.74, 6) is 0.505. The standard InChI is InChI=1S/C16H22N2/c1-12-7-13(2)9-15(8-12)18-11-14(5-6-17)10-16(18,3)4/h7-9,14H,5,10-11H2,1-4H3. The van der Waals surface area contributed by atoms with Gasteiger partial charge < -0.3 is 4.90 Å². The van der Waals surface area contributed by atoms with E-state index in [-0.39, 0.29) is 5.54 Å². The average molecular weight is 242 g/mol. The largest absolute Gasteiger partial charge is 0.366 e. The average Bonchev–Trinajstić information content (AvgIpc) is 2.52. The molecule has 0 aliphatic carbocycles. The summed E-state index contributed by atoms with van der Waals surface area (Å²) in [6, 6.07) is 9.03. The molecule has 0 radical (unpaired) electrons. The molecule has 2 heteroatoms. The van der Waals surface area contributed by atoms with Gasteiger partial charge in [-0.05, 0) is 63.3 Å². The van der Waals surface area contributed by atoms with Gasteiger partial charge in [-0.15, -0.1) is 0 Å². The first kappa shape index (κ1) is 13.0. The van der Waals surface area contributed by atoms with Crippen molar-refractivity contribution in [3.8, 4) is 6.07 Å². The number of hydrogen-bond acceptors (Lipinski definition) is 2. The van der Waals surface area contributed by atoms with Crippen LogP contribution in [0.15, 0.2) is 18.2 Å². The molecule has 1 fully saturated rings. The zero-order chi connectivity index (χ0) is 13.3. The first-order chi connectivity index (χ1) is 8.42. The molecule has 0 N–H and O–H groups in total. The molecule has 1 unspecified atom stereocenters. The predicted molar refractivity (Wildman–Crippen MR) is 75.7 cm³/mol. The summed E-state index contributed by atoms with van der Waals surface area (Å²) < 4.78 is 0. The Morgan fingerprint density at radius 2 is 1.89 bits per heavy atom. The molecule has 0 aromatic heterocycles. The van der Waals surface area contributed by atoms with E-state index in [1.165, 1.54) is 16.8 Å². The summed E-state index contributed by atoms with van der Waals surface area (Å²) in [4.78, 5) is 2.47. The summed E-state index contributed by atoms with van der Waals surface area (Å²) in [6.07, 6.45) is 1.78. The van der Waals surface area contributed by atoms with E-state index in [1.54, 1.807) is 0 Å². The number of nitrogens with zero attached hydrogens (tertiary/aromatic N) is 2. The number of benzene rings is 1. The normalized spacial score (nSPS) is 21.9. The van der Waals surface area contributed by atoms with Crippen LogP contribution in [-0.2, 0) is 0 Å². The summed E-state index contributed by atoms with van der Waals surface area (Å²) in [6.45, 7) is 9.85. The molecule has 0 bridgehead atoms. The Hall–Kier alpha value is -1.49. The highest BCUT2D eigenvalue weighted by Gasteiger charge is 2.38. The minimum atomic E-state index is 0.155. The quantitative estimate of drug-likeness (QED) is 0.788. The lowest BCUT2D eigenvalue weighted by atomic mass is 9.94. The molecule has 1 heterocycles. The molecule has 1 aromatic rings. The number of nitriles is 1. The topological polar surface area (TPSA) is 27.0 Å². The van der Waals surface area contributed by atoms with Gasteiger partial charge in [0.05, 0.1) is 6.07 Å². The van der Waals surface area contributed by atoms with Crippen LogP contribution < -0.4 is 4.90 Å². The smallest absolute Gasteiger partial charge is 0.0625 e. The molecule has 18 heavy (non-hydrogen) atoms. The SMILES string of the molecule is Cc1cc(C)cc(N2CC(CC#N)CC2(C)C)c1. The molecular formula is C16H22N2. The van der Waals surface area contributed by atoms with E-state index in [4.69, 9.17) is 5.26 Å². The van der Waals surface area contributed by atoms with E-state index in [2.05, 4.69) is 56.9 Å². The maximum absolute atomic E-state index is 8.87. The predicted octanol–water partition coefficient (Wildman–Crippen LogP) is 3.82. The summed E-state index contributed by atoms with van der Waals surface area (Å²) in [7, 11) is 0. The van der Waals surface area contributed by atoms with Crippen molar-refractivity contribution in [3.05, 3.63) is 29.3 Å². The highest BCUT2D eigenvalue weighted by molar-refractivity contribution is 5.54. The number of hydrogen-bond donors (Lipinski definition) is 0. The van der Waals surface area contributed by atoms with Crippen LogP contribution in [0.3, 0.4) is 0 Å². The van der Waals surface area contributed by atoms with Gasteiger partial charge in [0, 0.05) is 24.2 Å².